The molecule has 0 heterocycles. The van der Waals surface area contributed by atoms with Crippen LogP contribution in [0.15, 0.2) is 23.1 Å². The van der Waals surface area contributed by atoms with Crippen molar-refractivity contribution in [2.75, 3.05) is 13.2 Å². The zero-order chi connectivity index (χ0) is 15.3. The maximum atomic E-state index is 12.0. The average molecular weight is 303 g/mol. The first-order valence-electron chi connectivity index (χ1n) is 5.94. The minimum atomic E-state index is -3.85. The molecule has 0 saturated heterocycles. The predicted molar refractivity (Wildman–Crippen MR) is 71.1 cm³/mol. The second-order valence-corrected chi connectivity index (χ2v) is 6.22. The highest BCUT2D eigenvalue weighted by Crippen LogP contribution is 2.21. The molecule has 4 N–H and O–H groups in total. The number of aliphatic hydroxyl groups is 1. The lowest BCUT2D eigenvalue weighted by Crippen LogP contribution is -2.29. The van der Waals surface area contributed by atoms with Gasteiger partial charge in [0.05, 0.1) is 4.90 Å². The summed E-state index contributed by atoms with van der Waals surface area (Å²) in [7, 11) is -3.85. The summed E-state index contributed by atoms with van der Waals surface area (Å²) < 4.78 is 26.3. The zero-order valence-electron chi connectivity index (χ0n) is 10.9. The summed E-state index contributed by atoms with van der Waals surface area (Å²) in [5.74, 6) is -1.95. The average Bonchev–Trinajstić information content (AvgIpc) is 2.37. The fourth-order valence-corrected chi connectivity index (χ4v) is 2.70. The Balaban J connectivity index is 2.93. The summed E-state index contributed by atoms with van der Waals surface area (Å²) >= 11 is 0. The Morgan fingerprint density at radius 1 is 1.40 bits per heavy atom. The summed E-state index contributed by atoms with van der Waals surface area (Å²) in [4.78, 5) is 10.6. The Bertz CT molecular complexity index is 584. The van der Waals surface area contributed by atoms with Gasteiger partial charge < -0.3 is 15.3 Å². The van der Waals surface area contributed by atoms with Crippen molar-refractivity contribution < 1.29 is 28.5 Å². The third-order valence-electron chi connectivity index (χ3n) is 2.75. The number of aromatic hydroxyl groups is 1. The van der Waals surface area contributed by atoms with E-state index in [4.69, 9.17) is 10.2 Å². The second-order valence-electron chi connectivity index (χ2n) is 4.45. The molecule has 1 rings (SSSR count). The Morgan fingerprint density at radius 2 is 2.05 bits per heavy atom. The number of benzene rings is 1. The van der Waals surface area contributed by atoms with E-state index in [1.165, 1.54) is 0 Å². The number of phenols is 1. The molecule has 7 nitrogen and oxygen atoms in total. The number of carboxylic acids is 1. The van der Waals surface area contributed by atoms with Gasteiger partial charge >= 0.3 is 5.97 Å². The van der Waals surface area contributed by atoms with Gasteiger partial charge in [0.2, 0.25) is 10.0 Å². The van der Waals surface area contributed by atoms with Gasteiger partial charge in [-0.1, -0.05) is 6.92 Å². The van der Waals surface area contributed by atoms with Crippen LogP contribution in [0.5, 0.6) is 5.75 Å². The molecule has 8 heteroatoms. The Labute approximate surface area is 116 Å². The normalized spacial score (nSPS) is 13.1. The third-order valence-corrected chi connectivity index (χ3v) is 4.17. The monoisotopic (exact) mass is 303 g/mol. The molecule has 0 aliphatic carbocycles. The van der Waals surface area contributed by atoms with E-state index in [0.717, 1.165) is 18.2 Å². The molecular formula is C12H17NO6S. The van der Waals surface area contributed by atoms with Crippen molar-refractivity contribution in [1.29, 1.82) is 0 Å². The smallest absolute Gasteiger partial charge is 0.339 e. The molecular weight excluding hydrogens is 286 g/mol. The Hall–Kier alpha value is -1.64. The van der Waals surface area contributed by atoms with E-state index >= 15 is 0 Å². The first-order chi connectivity index (χ1) is 9.27. The quantitative estimate of drug-likeness (QED) is 0.577. The number of rotatable bonds is 7. The molecule has 1 aromatic carbocycles. The minimum absolute atomic E-state index is 0.0364. The molecule has 0 aliphatic rings. The van der Waals surface area contributed by atoms with E-state index in [9.17, 15) is 18.3 Å². The highest BCUT2D eigenvalue weighted by molar-refractivity contribution is 7.89. The van der Waals surface area contributed by atoms with Gasteiger partial charge in [-0.25, -0.2) is 17.9 Å². The largest absolute Gasteiger partial charge is 0.507 e. The highest BCUT2D eigenvalue weighted by Gasteiger charge is 2.19. The van der Waals surface area contributed by atoms with Crippen LogP contribution in [0.3, 0.4) is 0 Å². The molecule has 0 spiro atoms. The second kappa shape index (κ2) is 6.69. The minimum Gasteiger partial charge on any atom is -0.507 e. The number of hydrogen-bond donors (Lipinski definition) is 4. The van der Waals surface area contributed by atoms with Crippen molar-refractivity contribution in [3.63, 3.8) is 0 Å². The molecule has 0 radical (unpaired) electrons. The molecule has 0 amide bonds. The van der Waals surface area contributed by atoms with E-state index in [0.29, 0.717) is 6.42 Å². The Kier molecular flexibility index (Phi) is 5.49. The molecule has 112 valence electrons. The van der Waals surface area contributed by atoms with Gasteiger partial charge in [0, 0.05) is 13.2 Å². The van der Waals surface area contributed by atoms with Crippen molar-refractivity contribution in [3.05, 3.63) is 23.8 Å². The van der Waals surface area contributed by atoms with E-state index in [2.05, 4.69) is 4.72 Å². The lowest BCUT2D eigenvalue weighted by molar-refractivity contribution is 0.0693. The lowest BCUT2D eigenvalue weighted by Gasteiger charge is -2.12. The first-order valence-corrected chi connectivity index (χ1v) is 7.43. The summed E-state index contributed by atoms with van der Waals surface area (Å²) in [6, 6.07) is 3.05. The highest BCUT2D eigenvalue weighted by atomic mass is 32.2. The van der Waals surface area contributed by atoms with Gasteiger partial charge in [0.1, 0.15) is 11.3 Å². The molecule has 20 heavy (non-hydrogen) atoms. The lowest BCUT2D eigenvalue weighted by atomic mass is 10.1. The molecule has 0 aromatic heterocycles. The van der Waals surface area contributed by atoms with Crippen LogP contribution >= 0.6 is 0 Å². The van der Waals surface area contributed by atoms with Crippen molar-refractivity contribution in [3.8, 4) is 5.75 Å². The van der Waals surface area contributed by atoms with Crippen molar-refractivity contribution in [1.82, 2.24) is 4.72 Å². The molecule has 0 saturated carbocycles. The SMILES string of the molecule is CC(CCO)CNS(=O)(=O)c1ccc(O)c(C(=O)O)c1. The van der Waals surface area contributed by atoms with Crippen LogP contribution in [-0.2, 0) is 10.0 Å². The van der Waals surface area contributed by atoms with Crippen molar-refractivity contribution >= 4 is 16.0 Å². The number of sulfonamides is 1. The van der Waals surface area contributed by atoms with Gasteiger partial charge in [-0.15, -0.1) is 0 Å². The van der Waals surface area contributed by atoms with Gasteiger partial charge in [0.15, 0.2) is 0 Å². The molecule has 0 fully saturated rings. The van der Waals surface area contributed by atoms with Crippen LogP contribution in [0.25, 0.3) is 0 Å². The first kappa shape index (κ1) is 16.4. The topological polar surface area (TPSA) is 124 Å². The standard InChI is InChI=1S/C12H17NO6S/c1-8(4-5-14)7-13-20(18,19)9-2-3-11(15)10(6-9)12(16)17/h2-3,6,8,13-15H,4-5,7H2,1H3,(H,16,17). The number of hydrogen-bond acceptors (Lipinski definition) is 5. The van der Waals surface area contributed by atoms with Crippen LogP contribution in [0.1, 0.15) is 23.7 Å². The van der Waals surface area contributed by atoms with Crippen molar-refractivity contribution in [2.45, 2.75) is 18.2 Å². The van der Waals surface area contributed by atoms with E-state index in [-0.39, 0.29) is 24.0 Å². The summed E-state index contributed by atoms with van der Waals surface area (Å²) in [5.41, 5.74) is -0.476. The van der Waals surface area contributed by atoms with E-state index < -0.39 is 27.3 Å². The van der Waals surface area contributed by atoms with Crippen LogP contribution in [0.4, 0.5) is 0 Å². The molecule has 1 atom stereocenters. The number of carboxylic acid groups (broad SMARTS) is 1. The molecule has 0 bridgehead atoms. The zero-order valence-corrected chi connectivity index (χ0v) is 11.7. The fourth-order valence-electron chi connectivity index (χ4n) is 1.51. The number of aromatic carboxylic acids is 1. The number of aliphatic hydroxyl groups excluding tert-OH is 1. The summed E-state index contributed by atoms with van der Waals surface area (Å²) in [5, 5.41) is 26.9. The van der Waals surface area contributed by atoms with Crippen LogP contribution in [0.2, 0.25) is 0 Å². The van der Waals surface area contributed by atoms with Gasteiger partial charge in [-0.2, -0.15) is 0 Å². The van der Waals surface area contributed by atoms with E-state index in [1.54, 1.807) is 6.92 Å². The molecule has 1 unspecified atom stereocenters. The predicted octanol–water partition coefficient (Wildman–Crippen LogP) is 0.387. The maximum absolute atomic E-state index is 12.0. The Morgan fingerprint density at radius 3 is 2.60 bits per heavy atom. The van der Waals surface area contributed by atoms with Gasteiger partial charge in [-0.3, -0.25) is 0 Å². The van der Waals surface area contributed by atoms with Crippen LogP contribution in [0, 0.1) is 5.92 Å². The van der Waals surface area contributed by atoms with Crippen molar-refractivity contribution in [2.24, 2.45) is 5.92 Å². The number of carbonyl (C=O) groups is 1. The van der Waals surface area contributed by atoms with Crippen LogP contribution < -0.4 is 4.72 Å². The molecule has 1 aromatic rings. The number of nitrogens with one attached hydrogen (secondary N) is 1. The fraction of sp³-hybridized carbons (Fsp3) is 0.417. The third kappa shape index (κ3) is 4.19. The van der Waals surface area contributed by atoms with E-state index in [1.807, 2.05) is 0 Å². The summed E-state index contributed by atoms with van der Waals surface area (Å²) in [6.45, 7) is 1.87. The maximum Gasteiger partial charge on any atom is 0.339 e. The summed E-state index contributed by atoms with van der Waals surface area (Å²) in [6.07, 6.45) is 0.457. The van der Waals surface area contributed by atoms with Gasteiger partial charge in [-0.05, 0) is 30.5 Å². The molecule has 0 aliphatic heterocycles. The van der Waals surface area contributed by atoms with Gasteiger partial charge in [0.25, 0.3) is 0 Å². The van der Waals surface area contributed by atoms with Crippen LogP contribution in [-0.4, -0.2) is 42.9 Å².